The number of hydrogen-bond donors (Lipinski definition) is 0. The van der Waals surface area contributed by atoms with Crippen molar-refractivity contribution in [1.82, 2.24) is 0 Å². The third-order valence-electron chi connectivity index (χ3n) is 0.677. The first kappa shape index (κ1) is 11.1. The zero-order chi connectivity index (χ0) is 9.45. The van der Waals surface area contributed by atoms with E-state index >= 15 is 0 Å². The summed E-state index contributed by atoms with van der Waals surface area (Å²) in [5, 5.41) is 0. The lowest BCUT2D eigenvalue weighted by atomic mass is 10.6. The van der Waals surface area contributed by atoms with Crippen molar-refractivity contribution < 1.29 is 17.6 Å². The van der Waals surface area contributed by atoms with Gasteiger partial charge in [0.1, 0.15) is 0 Å². The first-order valence-electron chi connectivity index (χ1n) is 2.88. The average Bonchev–Trinajstić information content (AvgIpc) is 2.38. The second-order valence-corrected chi connectivity index (χ2v) is 1.88. The Bertz CT molecular complexity index is 186. The quantitative estimate of drug-likeness (QED) is 0.621. The summed E-state index contributed by atoms with van der Waals surface area (Å²) >= 11 is 4.59. The lowest BCUT2D eigenvalue weighted by Gasteiger charge is -1.92. The highest BCUT2D eigenvalue weighted by molar-refractivity contribution is 6.25. The standard InChI is InChI=1S/C4H4O.C3H2ClF3/c1-2-4-5-3-1;4-2-1-3(5,6)7/h1-4H;1-2H. The summed E-state index contributed by atoms with van der Waals surface area (Å²) in [6, 6.07) is 3.67. The van der Waals surface area contributed by atoms with Gasteiger partial charge in [-0.05, 0) is 12.1 Å². The van der Waals surface area contributed by atoms with Gasteiger partial charge in [-0.2, -0.15) is 13.2 Å². The molecule has 0 aliphatic carbocycles. The number of alkyl halides is 3. The summed E-state index contributed by atoms with van der Waals surface area (Å²) in [5.74, 6) is 0. The van der Waals surface area contributed by atoms with Crippen LogP contribution in [0.15, 0.2) is 40.7 Å². The topological polar surface area (TPSA) is 13.1 Å². The molecule has 68 valence electrons. The second kappa shape index (κ2) is 5.71. The first-order valence-corrected chi connectivity index (χ1v) is 3.32. The van der Waals surface area contributed by atoms with E-state index in [-0.39, 0.29) is 6.08 Å². The van der Waals surface area contributed by atoms with Gasteiger partial charge < -0.3 is 4.42 Å². The molecule has 0 radical (unpaired) electrons. The van der Waals surface area contributed by atoms with E-state index in [9.17, 15) is 13.2 Å². The van der Waals surface area contributed by atoms with Crippen molar-refractivity contribution in [2.75, 3.05) is 0 Å². The molecule has 1 heterocycles. The molecule has 0 aliphatic heterocycles. The van der Waals surface area contributed by atoms with E-state index in [1.807, 2.05) is 12.1 Å². The van der Waals surface area contributed by atoms with Crippen LogP contribution < -0.4 is 0 Å². The van der Waals surface area contributed by atoms with Crippen LogP contribution in [0.2, 0.25) is 0 Å². The molecule has 0 aromatic carbocycles. The van der Waals surface area contributed by atoms with E-state index in [1.54, 1.807) is 12.5 Å². The Kier molecular flexibility index (Phi) is 5.28. The van der Waals surface area contributed by atoms with E-state index in [0.717, 1.165) is 0 Å². The summed E-state index contributed by atoms with van der Waals surface area (Å²) in [6.07, 6.45) is -1.06. The molecule has 0 spiro atoms. The molecule has 0 amide bonds. The van der Waals surface area contributed by atoms with Crippen LogP contribution in [0.1, 0.15) is 0 Å². The van der Waals surface area contributed by atoms with Crippen LogP contribution in [0.4, 0.5) is 13.2 Å². The molecular weight excluding hydrogens is 193 g/mol. The highest BCUT2D eigenvalue weighted by Gasteiger charge is 2.21. The fraction of sp³-hybridized carbons (Fsp3) is 0.143. The van der Waals surface area contributed by atoms with Gasteiger partial charge in [0.25, 0.3) is 0 Å². The zero-order valence-electron chi connectivity index (χ0n) is 5.88. The average molecular weight is 199 g/mol. The van der Waals surface area contributed by atoms with Crippen molar-refractivity contribution in [3.05, 3.63) is 36.3 Å². The van der Waals surface area contributed by atoms with Gasteiger partial charge in [0.2, 0.25) is 0 Å². The van der Waals surface area contributed by atoms with Crippen LogP contribution in [0.3, 0.4) is 0 Å². The fourth-order valence-electron chi connectivity index (χ4n) is 0.298. The number of furan rings is 1. The number of hydrogen-bond acceptors (Lipinski definition) is 1. The van der Waals surface area contributed by atoms with Crippen LogP contribution in [0, 0.1) is 0 Å². The van der Waals surface area contributed by atoms with Crippen LogP contribution >= 0.6 is 11.6 Å². The SMILES string of the molecule is FC(F)(F)C=CCl.c1ccoc1. The van der Waals surface area contributed by atoms with E-state index < -0.39 is 6.18 Å². The van der Waals surface area contributed by atoms with Crippen molar-refractivity contribution >= 4 is 11.6 Å². The Hall–Kier alpha value is -0.900. The maximum absolute atomic E-state index is 10.9. The van der Waals surface area contributed by atoms with Gasteiger partial charge >= 0.3 is 6.18 Å². The molecule has 1 aromatic heterocycles. The maximum atomic E-state index is 10.9. The largest absolute Gasteiger partial charge is 0.473 e. The van der Waals surface area contributed by atoms with E-state index in [0.29, 0.717) is 5.54 Å². The zero-order valence-corrected chi connectivity index (χ0v) is 6.64. The van der Waals surface area contributed by atoms with Crippen molar-refractivity contribution in [3.8, 4) is 0 Å². The van der Waals surface area contributed by atoms with Crippen LogP contribution in [-0.4, -0.2) is 6.18 Å². The predicted molar refractivity (Wildman–Crippen MR) is 39.8 cm³/mol. The first-order chi connectivity index (χ1) is 5.56. The molecular formula is C7H6ClF3O. The molecule has 0 atom stereocenters. The third-order valence-corrected chi connectivity index (χ3v) is 0.803. The number of rotatable bonds is 0. The van der Waals surface area contributed by atoms with Gasteiger partial charge in [-0.3, -0.25) is 0 Å². The van der Waals surface area contributed by atoms with Gasteiger partial charge in [-0.15, -0.1) is 0 Å². The van der Waals surface area contributed by atoms with Crippen molar-refractivity contribution in [3.63, 3.8) is 0 Å². The summed E-state index contributed by atoms with van der Waals surface area (Å²) in [4.78, 5) is 0. The molecule has 1 rings (SSSR count). The molecule has 5 heteroatoms. The highest BCUT2D eigenvalue weighted by atomic mass is 35.5. The Morgan fingerprint density at radius 3 is 1.75 bits per heavy atom. The summed E-state index contributed by atoms with van der Waals surface area (Å²) in [6.45, 7) is 0. The van der Waals surface area contributed by atoms with Gasteiger partial charge in [-0.1, -0.05) is 11.6 Å². The molecule has 12 heavy (non-hydrogen) atoms. The minimum atomic E-state index is -4.26. The molecule has 0 unspecified atom stereocenters. The van der Waals surface area contributed by atoms with E-state index in [1.165, 1.54) is 0 Å². The normalized spacial score (nSPS) is 11.0. The van der Waals surface area contributed by atoms with Crippen molar-refractivity contribution in [1.29, 1.82) is 0 Å². The Morgan fingerprint density at radius 1 is 1.17 bits per heavy atom. The number of halogens is 4. The molecule has 1 aromatic rings. The summed E-state index contributed by atoms with van der Waals surface area (Å²) in [7, 11) is 0. The van der Waals surface area contributed by atoms with Crippen LogP contribution in [0.25, 0.3) is 0 Å². The highest BCUT2D eigenvalue weighted by Crippen LogP contribution is 2.15. The lowest BCUT2D eigenvalue weighted by molar-refractivity contribution is -0.0796. The molecule has 0 aliphatic rings. The molecule has 0 bridgehead atoms. The molecule has 0 N–H and O–H groups in total. The fourth-order valence-corrected chi connectivity index (χ4v) is 0.441. The van der Waals surface area contributed by atoms with Gasteiger partial charge in [-0.25, -0.2) is 0 Å². The third kappa shape index (κ3) is 9.10. The predicted octanol–water partition coefficient (Wildman–Crippen LogP) is 3.58. The van der Waals surface area contributed by atoms with Gasteiger partial charge in [0, 0.05) is 11.6 Å². The monoisotopic (exact) mass is 198 g/mol. The molecule has 1 nitrogen and oxygen atoms in total. The minimum Gasteiger partial charge on any atom is -0.473 e. The smallest absolute Gasteiger partial charge is 0.410 e. The Morgan fingerprint density at radius 2 is 1.67 bits per heavy atom. The van der Waals surface area contributed by atoms with Crippen LogP contribution in [0.5, 0.6) is 0 Å². The van der Waals surface area contributed by atoms with E-state index in [4.69, 9.17) is 0 Å². The Labute approximate surface area is 72.4 Å². The molecule has 0 saturated heterocycles. The second-order valence-electron chi connectivity index (χ2n) is 1.63. The van der Waals surface area contributed by atoms with Crippen molar-refractivity contribution in [2.45, 2.75) is 6.18 Å². The van der Waals surface area contributed by atoms with Crippen molar-refractivity contribution in [2.24, 2.45) is 0 Å². The van der Waals surface area contributed by atoms with Crippen LogP contribution in [-0.2, 0) is 0 Å². The molecule has 0 saturated carbocycles. The number of allylic oxidation sites excluding steroid dienone is 1. The maximum Gasteiger partial charge on any atom is 0.410 e. The van der Waals surface area contributed by atoms with E-state index in [2.05, 4.69) is 16.0 Å². The Balaban J connectivity index is 0.000000211. The van der Waals surface area contributed by atoms with Gasteiger partial charge in [0.15, 0.2) is 0 Å². The summed E-state index contributed by atoms with van der Waals surface area (Å²) in [5.41, 5.74) is 0.431. The lowest BCUT2D eigenvalue weighted by Crippen LogP contribution is -1.99. The molecule has 0 fully saturated rings. The van der Waals surface area contributed by atoms with Gasteiger partial charge in [0.05, 0.1) is 12.5 Å². The minimum absolute atomic E-state index is 0.0471. The summed E-state index contributed by atoms with van der Waals surface area (Å²) < 4.78 is 37.2.